The summed E-state index contributed by atoms with van der Waals surface area (Å²) in [5, 5.41) is 11.9. The predicted octanol–water partition coefficient (Wildman–Crippen LogP) is 0.516. The molecule has 1 fully saturated rings. The molecule has 0 saturated carbocycles. The first-order chi connectivity index (χ1) is 8.50. The number of rotatable bonds is 2. The van der Waals surface area contributed by atoms with Crippen LogP contribution in [-0.2, 0) is 16.6 Å². The van der Waals surface area contributed by atoms with Crippen LogP contribution in [0.25, 0.3) is 0 Å². The lowest BCUT2D eigenvalue weighted by Gasteiger charge is -2.22. The maximum Gasteiger partial charge on any atom is 0.218 e. The van der Waals surface area contributed by atoms with E-state index in [4.69, 9.17) is 0 Å². The molecular formula is C12H18N2O3S. The number of hydrogen-bond acceptors (Lipinski definition) is 4. The SMILES string of the molecule is CC1CNCCN(Cc2ccc(O)cc2)S1(=O)=O. The number of sulfonamides is 1. The molecule has 1 aliphatic rings. The summed E-state index contributed by atoms with van der Waals surface area (Å²) in [5.41, 5.74) is 0.880. The fourth-order valence-electron chi connectivity index (χ4n) is 1.97. The standard InChI is InChI=1S/C12H18N2O3S/c1-10-8-13-6-7-14(18(10,16)17)9-11-2-4-12(15)5-3-11/h2-5,10,13,15H,6-9H2,1H3. The van der Waals surface area contributed by atoms with Crippen molar-refractivity contribution in [2.24, 2.45) is 0 Å². The Morgan fingerprint density at radius 1 is 1.39 bits per heavy atom. The molecule has 5 nitrogen and oxygen atoms in total. The molecule has 1 aromatic rings. The van der Waals surface area contributed by atoms with E-state index in [1.165, 1.54) is 4.31 Å². The van der Waals surface area contributed by atoms with Crippen LogP contribution in [0, 0.1) is 0 Å². The third kappa shape index (κ3) is 2.82. The van der Waals surface area contributed by atoms with Gasteiger partial charge in [0.25, 0.3) is 0 Å². The first-order valence-corrected chi connectivity index (χ1v) is 7.48. The van der Waals surface area contributed by atoms with Gasteiger partial charge in [-0.25, -0.2) is 8.42 Å². The molecule has 2 N–H and O–H groups in total. The molecule has 100 valence electrons. The Morgan fingerprint density at radius 2 is 2.06 bits per heavy atom. The smallest absolute Gasteiger partial charge is 0.218 e. The lowest BCUT2D eigenvalue weighted by molar-refractivity contribution is 0.412. The van der Waals surface area contributed by atoms with E-state index < -0.39 is 15.3 Å². The highest BCUT2D eigenvalue weighted by molar-refractivity contribution is 7.89. The fraction of sp³-hybridized carbons (Fsp3) is 0.500. The average Bonchev–Trinajstić information content (AvgIpc) is 2.45. The number of benzene rings is 1. The lowest BCUT2D eigenvalue weighted by atomic mass is 10.2. The van der Waals surface area contributed by atoms with E-state index in [2.05, 4.69) is 5.32 Å². The molecule has 1 saturated heterocycles. The molecule has 0 bridgehead atoms. The number of nitrogens with one attached hydrogen (secondary N) is 1. The fourth-order valence-corrected chi connectivity index (χ4v) is 3.48. The summed E-state index contributed by atoms with van der Waals surface area (Å²) in [7, 11) is -3.24. The van der Waals surface area contributed by atoms with Gasteiger partial charge in [-0.05, 0) is 24.6 Å². The van der Waals surface area contributed by atoms with Crippen LogP contribution in [0.5, 0.6) is 5.75 Å². The second kappa shape index (κ2) is 5.26. The Balaban J connectivity index is 2.18. The third-order valence-corrected chi connectivity index (χ3v) is 5.35. The zero-order chi connectivity index (χ0) is 13.2. The average molecular weight is 270 g/mol. The van der Waals surface area contributed by atoms with Gasteiger partial charge in [0.2, 0.25) is 10.0 Å². The minimum absolute atomic E-state index is 0.188. The van der Waals surface area contributed by atoms with Gasteiger partial charge < -0.3 is 10.4 Å². The highest BCUT2D eigenvalue weighted by atomic mass is 32.2. The topological polar surface area (TPSA) is 69.6 Å². The quantitative estimate of drug-likeness (QED) is 0.822. The van der Waals surface area contributed by atoms with Crippen molar-refractivity contribution in [1.82, 2.24) is 9.62 Å². The molecule has 0 aliphatic carbocycles. The van der Waals surface area contributed by atoms with Crippen molar-refractivity contribution in [1.29, 1.82) is 0 Å². The molecule has 1 heterocycles. The van der Waals surface area contributed by atoms with Crippen LogP contribution in [0.4, 0.5) is 0 Å². The summed E-state index contributed by atoms with van der Waals surface area (Å²) in [6.45, 7) is 3.72. The molecule has 0 spiro atoms. The molecule has 1 unspecified atom stereocenters. The van der Waals surface area contributed by atoms with Gasteiger partial charge >= 0.3 is 0 Å². The van der Waals surface area contributed by atoms with Crippen LogP contribution >= 0.6 is 0 Å². The summed E-state index contributed by atoms with van der Waals surface area (Å²) in [5.74, 6) is 0.188. The molecular weight excluding hydrogens is 252 g/mol. The van der Waals surface area contributed by atoms with E-state index in [0.29, 0.717) is 26.2 Å². The molecule has 1 atom stereocenters. The highest BCUT2D eigenvalue weighted by Crippen LogP contribution is 2.17. The minimum Gasteiger partial charge on any atom is -0.508 e. The van der Waals surface area contributed by atoms with E-state index in [1.807, 2.05) is 0 Å². The van der Waals surface area contributed by atoms with E-state index in [9.17, 15) is 13.5 Å². The Labute approximate surface area is 107 Å². The van der Waals surface area contributed by atoms with Crippen LogP contribution < -0.4 is 5.32 Å². The normalized spacial score (nSPS) is 24.6. The van der Waals surface area contributed by atoms with Crippen LogP contribution in [0.2, 0.25) is 0 Å². The third-order valence-electron chi connectivity index (χ3n) is 3.13. The van der Waals surface area contributed by atoms with Gasteiger partial charge in [0.05, 0.1) is 5.25 Å². The van der Waals surface area contributed by atoms with E-state index in [1.54, 1.807) is 31.2 Å². The molecule has 0 aromatic heterocycles. The number of hydrogen-bond donors (Lipinski definition) is 2. The molecule has 6 heteroatoms. The molecule has 2 rings (SSSR count). The van der Waals surface area contributed by atoms with Crippen molar-refractivity contribution in [3.63, 3.8) is 0 Å². The van der Waals surface area contributed by atoms with Crippen molar-refractivity contribution in [3.8, 4) is 5.75 Å². The Kier molecular flexibility index (Phi) is 3.89. The summed E-state index contributed by atoms with van der Waals surface area (Å²) in [4.78, 5) is 0. The first kappa shape index (κ1) is 13.3. The number of aromatic hydroxyl groups is 1. The molecule has 1 aliphatic heterocycles. The van der Waals surface area contributed by atoms with E-state index >= 15 is 0 Å². The van der Waals surface area contributed by atoms with Gasteiger partial charge in [-0.3, -0.25) is 0 Å². The zero-order valence-electron chi connectivity index (χ0n) is 10.3. The Morgan fingerprint density at radius 3 is 2.72 bits per heavy atom. The molecule has 0 radical (unpaired) electrons. The molecule has 1 aromatic carbocycles. The molecule has 18 heavy (non-hydrogen) atoms. The number of phenolic OH excluding ortho intramolecular Hbond substituents is 1. The van der Waals surface area contributed by atoms with Crippen LogP contribution in [-0.4, -0.2) is 42.7 Å². The zero-order valence-corrected chi connectivity index (χ0v) is 11.2. The van der Waals surface area contributed by atoms with Gasteiger partial charge in [-0.15, -0.1) is 0 Å². The van der Waals surface area contributed by atoms with Gasteiger partial charge in [-0.2, -0.15) is 4.31 Å². The van der Waals surface area contributed by atoms with E-state index in [-0.39, 0.29) is 5.75 Å². The van der Waals surface area contributed by atoms with E-state index in [0.717, 1.165) is 5.56 Å². The Hall–Kier alpha value is -1.11. The summed E-state index contributed by atoms with van der Waals surface area (Å²) < 4.78 is 26.0. The van der Waals surface area contributed by atoms with Crippen molar-refractivity contribution in [2.75, 3.05) is 19.6 Å². The highest BCUT2D eigenvalue weighted by Gasteiger charge is 2.30. The van der Waals surface area contributed by atoms with Gasteiger partial charge in [0, 0.05) is 26.2 Å². The lowest BCUT2D eigenvalue weighted by Crippen LogP contribution is -2.37. The van der Waals surface area contributed by atoms with Gasteiger partial charge in [0.15, 0.2) is 0 Å². The van der Waals surface area contributed by atoms with Gasteiger partial charge in [-0.1, -0.05) is 12.1 Å². The Bertz CT molecular complexity index is 499. The van der Waals surface area contributed by atoms with Crippen molar-refractivity contribution < 1.29 is 13.5 Å². The van der Waals surface area contributed by atoms with Crippen molar-refractivity contribution in [2.45, 2.75) is 18.7 Å². The second-order valence-electron chi connectivity index (χ2n) is 4.56. The maximum atomic E-state index is 12.2. The first-order valence-electron chi connectivity index (χ1n) is 5.98. The van der Waals surface area contributed by atoms with Crippen molar-refractivity contribution in [3.05, 3.63) is 29.8 Å². The number of phenols is 1. The largest absolute Gasteiger partial charge is 0.508 e. The molecule has 0 amide bonds. The number of nitrogens with zero attached hydrogens (tertiary/aromatic N) is 1. The summed E-state index contributed by atoms with van der Waals surface area (Å²) in [6.07, 6.45) is 0. The van der Waals surface area contributed by atoms with Gasteiger partial charge in [0.1, 0.15) is 5.75 Å². The minimum atomic E-state index is -3.24. The van der Waals surface area contributed by atoms with Crippen LogP contribution in [0.3, 0.4) is 0 Å². The monoisotopic (exact) mass is 270 g/mol. The van der Waals surface area contributed by atoms with Crippen molar-refractivity contribution >= 4 is 10.0 Å². The summed E-state index contributed by atoms with van der Waals surface area (Å²) >= 11 is 0. The van der Waals surface area contributed by atoms with Crippen LogP contribution in [0.15, 0.2) is 24.3 Å². The summed E-state index contributed by atoms with van der Waals surface area (Å²) in [6, 6.07) is 6.63. The maximum absolute atomic E-state index is 12.2. The predicted molar refractivity (Wildman–Crippen MR) is 69.8 cm³/mol. The second-order valence-corrected chi connectivity index (χ2v) is 6.91. The van der Waals surface area contributed by atoms with Crippen LogP contribution in [0.1, 0.15) is 12.5 Å².